The molecule has 1 amide bonds. The summed E-state index contributed by atoms with van der Waals surface area (Å²) in [5.41, 5.74) is 5.42. The van der Waals surface area contributed by atoms with Gasteiger partial charge in [0.2, 0.25) is 5.91 Å². The molecule has 3 nitrogen and oxygen atoms in total. The maximum absolute atomic E-state index is 11.6. The molecular formula is C14H25ClN2OS. The molecule has 1 aromatic heterocycles. The Hall–Kier alpha value is -0.580. The summed E-state index contributed by atoms with van der Waals surface area (Å²) < 4.78 is 0. The van der Waals surface area contributed by atoms with Gasteiger partial charge in [0.05, 0.1) is 6.54 Å². The lowest BCUT2D eigenvalue weighted by molar-refractivity contribution is -0.121. The highest BCUT2D eigenvalue weighted by Gasteiger charge is 2.03. The van der Waals surface area contributed by atoms with Crippen LogP contribution in [0, 0.1) is 0 Å². The van der Waals surface area contributed by atoms with Crippen LogP contribution in [0.15, 0.2) is 12.1 Å². The van der Waals surface area contributed by atoms with Crippen LogP contribution in [0.1, 0.15) is 48.8 Å². The summed E-state index contributed by atoms with van der Waals surface area (Å²) in [6, 6.07) is 4.24. The van der Waals surface area contributed by atoms with Crippen molar-refractivity contribution in [1.29, 1.82) is 0 Å². The molecule has 3 N–H and O–H groups in total. The highest BCUT2D eigenvalue weighted by atomic mass is 35.5. The van der Waals surface area contributed by atoms with Gasteiger partial charge in [-0.25, -0.2) is 0 Å². The lowest BCUT2D eigenvalue weighted by atomic mass is 10.1. The Labute approximate surface area is 126 Å². The van der Waals surface area contributed by atoms with Gasteiger partial charge in [-0.1, -0.05) is 19.8 Å². The van der Waals surface area contributed by atoms with E-state index in [4.69, 9.17) is 5.73 Å². The Morgan fingerprint density at radius 3 is 2.53 bits per heavy atom. The van der Waals surface area contributed by atoms with Crippen LogP contribution in [0.5, 0.6) is 0 Å². The number of nitrogens with two attached hydrogens (primary N) is 1. The lowest BCUT2D eigenvalue weighted by Crippen LogP contribution is -2.21. The minimum absolute atomic E-state index is 0. The SMILES string of the molecule is CCc1ccc(CNC(=O)CCCCCCN)s1.Cl. The topological polar surface area (TPSA) is 55.1 Å². The number of carbonyl (C=O) groups is 1. The van der Waals surface area contributed by atoms with Gasteiger partial charge in [-0.3, -0.25) is 4.79 Å². The molecule has 1 heterocycles. The minimum Gasteiger partial charge on any atom is -0.351 e. The number of hydrogen-bond acceptors (Lipinski definition) is 3. The van der Waals surface area contributed by atoms with Crippen LogP contribution in [-0.2, 0) is 17.8 Å². The number of aryl methyl sites for hydroxylation is 1. The summed E-state index contributed by atoms with van der Waals surface area (Å²) >= 11 is 1.78. The zero-order valence-electron chi connectivity index (χ0n) is 11.6. The molecule has 110 valence electrons. The molecule has 0 saturated heterocycles. The molecule has 0 saturated carbocycles. The van der Waals surface area contributed by atoms with Gasteiger partial charge in [-0.05, 0) is 37.9 Å². The smallest absolute Gasteiger partial charge is 0.220 e. The third-order valence-corrected chi connectivity index (χ3v) is 4.11. The van der Waals surface area contributed by atoms with E-state index in [1.807, 2.05) is 0 Å². The largest absolute Gasteiger partial charge is 0.351 e. The molecule has 0 radical (unpaired) electrons. The fourth-order valence-corrected chi connectivity index (χ4v) is 2.66. The van der Waals surface area contributed by atoms with Crippen molar-refractivity contribution in [2.45, 2.75) is 52.0 Å². The predicted molar refractivity (Wildman–Crippen MR) is 84.9 cm³/mol. The molecule has 0 aliphatic carbocycles. The molecule has 0 bridgehead atoms. The standard InChI is InChI=1S/C14H24N2OS.ClH/c1-2-12-8-9-13(18-12)11-16-14(17)7-5-3-4-6-10-15;/h8-9H,2-7,10-11,15H2,1H3,(H,16,17);1H. The zero-order chi connectivity index (χ0) is 13.2. The van der Waals surface area contributed by atoms with Crippen LogP contribution in [0.4, 0.5) is 0 Å². The monoisotopic (exact) mass is 304 g/mol. The van der Waals surface area contributed by atoms with Crippen molar-refractivity contribution in [3.63, 3.8) is 0 Å². The Morgan fingerprint density at radius 2 is 1.89 bits per heavy atom. The summed E-state index contributed by atoms with van der Waals surface area (Å²) in [6.07, 6.45) is 5.97. The van der Waals surface area contributed by atoms with Gasteiger partial charge in [0.1, 0.15) is 0 Å². The summed E-state index contributed by atoms with van der Waals surface area (Å²) in [7, 11) is 0. The van der Waals surface area contributed by atoms with Crippen LogP contribution >= 0.6 is 23.7 Å². The van der Waals surface area contributed by atoms with E-state index in [9.17, 15) is 4.79 Å². The van der Waals surface area contributed by atoms with Crippen LogP contribution in [-0.4, -0.2) is 12.5 Å². The highest BCUT2D eigenvalue weighted by molar-refractivity contribution is 7.11. The minimum atomic E-state index is 0. The number of thiophene rings is 1. The Bertz CT molecular complexity index is 355. The van der Waals surface area contributed by atoms with Crippen molar-refractivity contribution in [3.8, 4) is 0 Å². The summed E-state index contributed by atoms with van der Waals surface area (Å²) in [5.74, 6) is 0.161. The van der Waals surface area contributed by atoms with Crippen LogP contribution < -0.4 is 11.1 Å². The number of carbonyl (C=O) groups excluding carboxylic acids is 1. The van der Waals surface area contributed by atoms with Crippen LogP contribution in [0.25, 0.3) is 0 Å². The maximum atomic E-state index is 11.6. The molecule has 0 aliphatic rings. The Kier molecular flexibility index (Phi) is 10.9. The first kappa shape index (κ1) is 18.4. The molecule has 0 unspecified atom stereocenters. The van der Waals surface area contributed by atoms with Crippen LogP contribution in [0.2, 0.25) is 0 Å². The quantitative estimate of drug-likeness (QED) is 0.688. The van der Waals surface area contributed by atoms with Crippen molar-refractivity contribution in [2.75, 3.05) is 6.54 Å². The highest BCUT2D eigenvalue weighted by Crippen LogP contribution is 2.16. The summed E-state index contributed by atoms with van der Waals surface area (Å²) in [4.78, 5) is 14.2. The first-order chi connectivity index (χ1) is 8.76. The number of hydrogen-bond donors (Lipinski definition) is 2. The van der Waals surface area contributed by atoms with Crippen LogP contribution in [0.3, 0.4) is 0 Å². The van der Waals surface area contributed by atoms with Crippen molar-refractivity contribution in [3.05, 3.63) is 21.9 Å². The number of unbranched alkanes of at least 4 members (excludes halogenated alkanes) is 3. The van der Waals surface area contributed by atoms with Gasteiger partial charge in [0.15, 0.2) is 0 Å². The zero-order valence-corrected chi connectivity index (χ0v) is 13.2. The van der Waals surface area contributed by atoms with E-state index in [1.54, 1.807) is 11.3 Å². The van der Waals surface area contributed by atoms with Gasteiger partial charge in [-0.2, -0.15) is 0 Å². The van der Waals surface area contributed by atoms with Crippen molar-refractivity contribution in [1.82, 2.24) is 5.32 Å². The first-order valence-electron chi connectivity index (χ1n) is 6.80. The molecular weight excluding hydrogens is 280 g/mol. The second-order valence-corrected chi connectivity index (χ2v) is 5.70. The van der Waals surface area contributed by atoms with E-state index < -0.39 is 0 Å². The number of amides is 1. The third-order valence-electron chi connectivity index (χ3n) is 2.88. The molecule has 0 atom stereocenters. The Morgan fingerprint density at radius 1 is 1.21 bits per heavy atom. The van der Waals surface area contributed by atoms with Gasteiger partial charge in [0, 0.05) is 16.2 Å². The van der Waals surface area contributed by atoms with Crippen molar-refractivity contribution in [2.24, 2.45) is 5.73 Å². The van der Waals surface area contributed by atoms with E-state index in [0.29, 0.717) is 13.0 Å². The molecule has 0 spiro atoms. The third kappa shape index (κ3) is 8.24. The van der Waals surface area contributed by atoms with Crippen molar-refractivity contribution >= 4 is 29.7 Å². The number of nitrogens with one attached hydrogen (secondary N) is 1. The van der Waals surface area contributed by atoms with Crippen molar-refractivity contribution < 1.29 is 4.79 Å². The van der Waals surface area contributed by atoms with E-state index >= 15 is 0 Å². The normalized spacial score (nSPS) is 10.0. The maximum Gasteiger partial charge on any atom is 0.220 e. The summed E-state index contributed by atoms with van der Waals surface area (Å²) in [6.45, 7) is 3.58. The molecule has 0 fully saturated rings. The van der Waals surface area contributed by atoms with E-state index in [2.05, 4.69) is 24.4 Å². The molecule has 1 aromatic rings. The molecule has 19 heavy (non-hydrogen) atoms. The lowest BCUT2D eigenvalue weighted by Gasteiger charge is -2.03. The first-order valence-corrected chi connectivity index (χ1v) is 7.62. The van der Waals surface area contributed by atoms with Gasteiger partial charge in [-0.15, -0.1) is 23.7 Å². The fraction of sp³-hybridized carbons (Fsp3) is 0.643. The molecule has 1 rings (SSSR count). The predicted octanol–water partition coefficient (Wildman–Crippen LogP) is 3.26. The van der Waals surface area contributed by atoms with Gasteiger partial charge >= 0.3 is 0 Å². The van der Waals surface area contributed by atoms with E-state index in [1.165, 1.54) is 9.75 Å². The second-order valence-electron chi connectivity index (χ2n) is 4.45. The average molecular weight is 305 g/mol. The molecule has 0 aliphatic heterocycles. The van der Waals surface area contributed by atoms with E-state index in [0.717, 1.165) is 38.6 Å². The Balaban J connectivity index is 0.00000324. The molecule has 0 aromatic carbocycles. The van der Waals surface area contributed by atoms with Gasteiger partial charge in [0.25, 0.3) is 0 Å². The average Bonchev–Trinajstić information content (AvgIpc) is 2.84. The number of rotatable bonds is 9. The molecule has 5 heteroatoms. The number of halogens is 1. The van der Waals surface area contributed by atoms with Gasteiger partial charge < -0.3 is 11.1 Å². The fourth-order valence-electron chi connectivity index (χ4n) is 1.76. The summed E-state index contributed by atoms with van der Waals surface area (Å²) in [5, 5.41) is 2.97. The van der Waals surface area contributed by atoms with E-state index in [-0.39, 0.29) is 18.3 Å². The second kappa shape index (κ2) is 11.3.